The maximum Gasteiger partial charge on any atom is 0.305 e. The molecule has 0 radical (unpaired) electrons. The number of phenols is 1. The molecule has 2 aliphatic carbocycles. The fourth-order valence-electron chi connectivity index (χ4n) is 8.22. The molecule has 12 heteroatoms. The lowest BCUT2D eigenvalue weighted by molar-refractivity contribution is -0.123. The lowest BCUT2D eigenvalue weighted by Crippen LogP contribution is -2.42. The summed E-state index contributed by atoms with van der Waals surface area (Å²) in [6.45, 7) is 1.72. The van der Waals surface area contributed by atoms with Gasteiger partial charge >= 0.3 is 4.87 Å². The molecule has 3 aromatic carbocycles. The molecule has 240 valence electrons. The van der Waals surface area contributed by atoms with Crippen LogP contribution in [0.1, 0.15) is 28.3 Å². The van der Waals surface area contributed by atoms with Gasteiger partial charge in [-0.3, -0.25) is 24.1 Å². The number of hydrogen-bond donors (Lipinski definition) is 3. The third kappa shape index (κ3) is 4.84. The van der Waals surface area contributed by atoms with Crippen LogP contribution in [0.3, 0.4) is 0 Å². The van der Waals surface area contributed by atoms with E-state index in [-0.39, 0.29) is 69.8 Å². The van der Waals surface area contributed by atoms with Crippen molar-refractivity contribution in [1.29, 1.82) is 0 Å². The first-order valence-electron chi connectivity index (χ1n) is 15.5. The number of aromatic amines is 1. The van der Waals surface area contributed by atoms with E-state index in [1.807, 2.05) is 43.3 Å². The molecule has 10 nitrogen and oxygen atoms in total. The lowest BCUT2D eigenvalue weighted by atomic mass is 9.68. The van der Waals surface area contributed by atoms with Crippen LogP contribution in [0.15, 0.2) is 76.6 Å². The number of thiazole rings is 1. The lowest BCUT2D eigenvalue weighted by Gasteiger charge is -2.43. The van der Waals surface area contributed by atoms with Gasteiger partial charge in [0.25, 0.3) is 5.91 Å². The number of carbonyl (C=O) groups is 3. The number of hydrogen-bond acceptors (Lipinski definition) is 9. The van der Waals surface area contributed by atoms with Gasteiger partial charge in [0, 0.05) is 21.7 Å². The Morgan fingerprint density at radius 3 is 2.43 bits per heavy atom. The summed E-state index contributed by atoms with van der Waals surface area (Å²) in [7, 11) is 1.53. The second-order valence-electron chi connectivity index (χ2n) is 12.6. The van der Waals surface area contributed by atoms with Crippen LogP contribution < -0.4 is 24.6 Å². The summed E-state index contributed by atoms with van der Waals surface area (Å²) in [6, 6.07) is 19.3. The fraction of sp³-hybridized carbons (Fsp3) is 0.314. The Hall–Kier alpha value is -4.55. The van der Waals surface area contributed by atoms with Gasteiger partial charge in [-0.25, -0.2) is 0 Å². The Morgan fingerprint density at radius 1 is 0.979 bits per heavy atom. The third-order valence-corrected chi connectivity index (χ3v) is 12.7. The molecule has 1 aromatic heterocycles. The molecule has 47 heavy (non-hydrogen) atoms. The number of amides is 3. The minimum absolute atomic E-state index is 0.0162. The van der Waals surface area contributed by atoms with Gasteiger partial charge in [-0.05, 0) is 85.2 Å². The number of aryl methyl sites for hydroxylation is 1. The predicted molar refractivity (Wildman–Crippen MR) is 177 cm³/mol. The van der Waals surface area contributed by atoms with Gasteiger partial charge in [0.15, 0.2) is 18.1 Å². The molecule has 8 rings (SSSR count). The van der Waals surface area contributed by atoms with Gasteiger partial charge in [0.05, 0.1) is 29.7 Å². The SMILES string of the molecule is COc1cc([C@@H]2c3sc(=O)[nH]c3S[C@@H]3[C@@H]4C[C@@H]([C@@H]5C(=O)N(c6ccc(C)cc6)C(=O)[C@@H]45)[C@H]23)ccc1OCC(=O)Nc1ccc(O)cc1. The number of fused-ring (bicyclic) bond motifs is 9. The normalized spacial score (nSPS) is 26.9. The van der Waals surface area contributed by atoms with E-state index in [2.05, 4.69) is 10.3 Å². The van der Waals surface area contributed by atoms with Gasteiger partial charge in [0.2, 0.25) is 11.8 Å². The van der Waals surface area contributed by atoms with Crippen molar-refractivity contribution in [3.05, 3.63) is 92.4 Å². The van der Waals surface area contributed by atoms with Crippen molar-refractivity contribution >= 4 is 52.2 Å². The van der Waals surface area contributed by atoms with Crippen molar-refractivity contribution in [3.63, 3.8) is 0 Å². The van der Waals surface area contributed by atoms with E-state index in [0.717, 1.165) is 27.5 Å². The smallest absolute Gasteiger partial charge is 0.305 e. The number of aromatic nitrogens is 1. The second kappa shape index (κ2) is 11.3. The molecule has 2 aliphatic heterocycles. The average Bonchev–Trinajstić information content (AvgIpc) is 3.80. The van der Waals surface area contributed by atoms with Crippen LogP contribution in [-0.4, -0.2) is 46.8 Å². The summed E-state index contributed by atoms with van der Waals surface area (Å²) in [4.78, 5) is 58.3. The number of aromatic hydroxyl groups is 1. The Kier molecular flexibility index (Phi) is 7.17. The van der Waals surface area contributed by atoms with Gasteiger partial charge < -0.3 is 24.9 Å². The summed E-state index contributed by atoms with van der Waals surface area (Å²) in [6.07, 6.45) is 0.793. The topological polar surface area (TPSA) is 138 Å². The van der Waals surface area contributed by atoms with Crippen molar-refractivity contribution in [2.45, 2.75) is 29.5 Å². The van der Waals surface area contributed by atoms with Crippen molar-refractivity contribution in [1.82, 2.24) is 4.98 Å². The predicted octanol–water partition coefficient (Wildman–Crippen LogP) is 5.15. The summed E-state index contributed by atoms with van der Waals surface area (Å²) >= 11 is 2.84. The largest absolute Gasteiger partial charge is 0.508 e. The van der Waals surface area contributed by atoms with E-state index >= 15 is 0 Å². The van der Waals surface area contributed by atoms with Crippen LogP contribution in [-0.2, 0) is 14.4 Å². The van der Waals surface area contributed by atoms with Gasteiger partial charge in [-0.1, -0.05) is 35.1 Å². The number of anilines is 2. The molecule has 3 heterocycles. The van der Waals surface area contributed by atoms with Crippen molar-refractivity contribution in [3.8, 4) is 17.2 Å². The Labute approximate surface area is 278 Å². The Balaban J connectivity index is 1.09. The molecule has 1 saturated heterocycles. The summed E-state index contributed by atoms with van der Waals surface area (Å²) in [5, 5.41) is 13.1. The van der Waals surface area contributed by atoms with Crippen LogP contribution >= 0.6 is 23.1 Å². The average molecular weight is 670 g/mol. The number of nitrogens with zero attached hydrogens (tertiary/aromatic N) is 1. The maximum absolute atomic E-state index is 14.0. The maximum atomic E-state index is 14.0. The number of methoxy groups -OCH3 is 1. The minimum atomic E-state index is -0.396. The molecule has 3 amide bonds. The first-order chi connectivity index (χ1) is 22.7. The van der Waals surface area contributed by atoms with E-state index in [9.17, 15) is 24.3 Å². The quantitative estimate of drug-likeness (QED) is 0.181. The third-order valence-electron chi connectivity index (χ3n) is 10.1. The highest BCUT2D eigenvalue weighted by atomic mass is 32.2. The molecule has 0 spiro atoms. The Morgan fingerprint density at radius 2 is 1.70 bits per heavy atom. The molecule has 2 bridgehead atoms. The van der Waals surface area contributed by atoms with Crippen LogP contribution in [0.5, 0.6) is 17.2 Å². The van der Waals surface area contributed by atoms with Crippen molar-refractivity contribution < 1.29 is 29.0 Å². The van der Waals surface area contributed by atoms with Crippen LogP contribution in [0, 0.1) is 36.5 Å². The zero-order valence-electron chi connectivity index (χ0n) is 25.5. The number of H-pyrrole nitrogens is 1. The number of thioether (sulfide) groups is 1. The number of ether oxygens (including phenoxy) is 2. The number of nitrogens with one attached hydrogen (secondary N) is 2. The highest BCUT2D eigenvalue weighted by Crippen LogP contribution is 2.68. The van der Waals surface area contributed by atoms with Crippen LogP contribution in [0.2, 0.25) is 0 Å². The number of phenolic OH excluding ortho intramolecular Hbond substituents is 1. The molecule has 4 aromatic rings. The van der Waals surface area contributed by atoms with E-state index in [1.54, 1.807) is 30.0 Å². The highest BCUT2D eigenvalue weighted by Gasteiger charge is 2.69. The standard InChI is InChI=1S/C35H31N3O7S2/c1-16-3-8-19(9-4-16)38-33(41)28-21-14-22(29(28)34(38)42)30-27(21)26(31-32(46-30)37-35(43)47-31)17-5-12-23(24(13-17)44-2)45-15-25(40)36-18-6-10-20(39)11-7-18/h3-13,21-22,26-30,39H,14-15H2,1-2H3,(H,36,40)(H,37,43)/t21-,22-,26+,27-,28+,29+,30-/m1/s1. The first-order valence-corrected chi connectivity index (χ1v) is 17.1. The summed E-state index contributed by atoms with van der Waals surface area (Å²) in [5.74, 6) is -0.602. The molecule has 7 atom stereocenters. The van der Waals surface area contributed by atoms with Gasteiger partial charge in [0.1, 0.15) is 5.75 Å². The summed E-state index contributed by atoms with van der Waals surface area (Å²) < 4.78 is 11.6. The molecule has 3 N–H and O–H groups in total. The summed E-state index contributed by atoms with van der Waals surface area (Å²) in [5.41, 5.74) is 3.13. The Bertz CT molecular complexity index is 1970. The van der Waals surface area contributed by atoms with E-state index in [4.69, 9.17) is 9.47 Å². The van der Waals surface area contributed by atoms with Crippen LogP contribution in [0.4, 0.5) is 11.4 Å². The highest BCUT2D eigenvalue weighted by molar-refractivity contribution is 8.00. The molecular weight excluding hydrogens is 639 g/mol. The second-order valence-corrected chi connectivity index (χ2v) is 14.8. The van der Waals surface area contributed by atoms with E-state index < -0.39 is 5.92 Å². The molecular formula is C35H31N3O7S2. The van der Waals surface area contributed by atoms with Crippen LogP contribution in [0.25, 0.3) is 0 Å². The number of imide groups is 1. The molecule has 0 unspecified atom stereocenters. The van der Waals surface area contributed by atoms with E-state index in [1.165, 1.54) is 35.5 Å². The monoisotopic (exact) mass is 669 g/mol. The number of rotatable bonds is 7. The van der Waals surface area contributed by atoms with Crippen molar-refractivity contribution in [2.75, 3.05) is 23.9 Å². The van der Waals surface area contributed by atoms with Crippen molar-refractivity contribution in [2.24, 2.45) is 29.6 Å². The zero-order chi connectivity index (χ0) is 32.6. The fourth-order valence-corrected chi connectivity index (χ4v) is 11.1. The minimum Gasteiger partial charge on any atom is -0.508 e. The van der Waals surface area contributed by atoms with E-state index in [0.29, 0.717) is 22.9 Å². The number of benzene rings is 3. The molecule has 3 fully saturated rings. The number of carbonyl (C=O) groups excluding carboxylic acids is 3. The zero-order valence-corrected chi connectivity index (χ0v) is 27.1. The molecule has 4 aliphatic rings. The molecule has 2 saturated carbocycles. The van der Waals surface area contributed by atoms with Gasteiger partial charge in [-0.15, -0.1) is 11.8 Å². The first kappa shape index (κ1) is 29.8. The van der Waals surface area contributed by atoms with Gasteiger partial charge in [-0.2, -0.15) is 0 Å².